The molecule has 1 aliphatic rings. The first-order valence-corrected chi connectivity index (χ1v) is 10.3. The van der Waals surface area contributed by atoms with E-state index >= 15 is 0 Å². The summed E-state index contributed by atoms with van der Waals surface area (Å²) in [5.41, 5.74) is 1.12. The third kappa shape index (κ3) is 4.48. The summed E-state index contributed by atoms with van der Waals surface area (Å²) in [6.45, 7) is 7.04. The molecule has 1 aliphatic heterocycles. The Morgan fingerprint density at radius 1 is 1.52 bits per heavy atom. The number of hydrogen-bond acceptors (Lipinski definition) is 6. The molecule has 2 rings (SSSR count). The molecule has 0 aliphatic carbocycles. The molecule has 1 aromatic heterocycles. The largest absolute Gasteiger partial charge is 0.463 e. The van der Waals surface area contributed by atoms with Crippen molar-refractivity contribution < 1.29 is 12.8 Å². The average Bonchev–Trinajstić information content (AvgIpc) is 2.76. The SMILES string of the molecule is CCNCc1oc(CN2CCSCC2S(C)(=O)=O)cc1C. The van der Waals surface area contributed by atoms with Gasteiger partial charge >= 0.3 is 0 Å². The summed E-state index contributed by atoms with van der Waals surface area (Å²) < 4.78 is 29.7. The Labute approximate surface area is 131 Å². The number of rotatable bonds is 6. The van der Waals surface area contributed by atoms with Crippen LogP contribution in [0.4, 0.5) is 0 Å². The van der Waals surface area contributed by atoms with Crippen LogP contribution in [-0.2, 0) is 22.9 Å². The van der Waals surface area contributed by atoms with Crippen molar-refractivity contribution >= 4 is 21.6 Å². The molecule has 1 atom stereocenters. The molecule has 0 spiro atoms. The molecule has 1 unspecified atom stereocenters. The third-order valence-corrected chi connectivity index (χ3v) is 6.34. The van der Waals surface area contributed by atoms with Gasteiger partial charge in [-0.15, -0.1) is 0 Å². The molecule has 1 saturated heterocycles. The fraction of sp³-hybridized carbons (Fsp3) is 0.714. The lowest BCUT2D eigenvalue weighted by Gasteiger charge is -2.33. The minimum absolute atomic E-state index is 0.404. The predicted molar refractivity (Wildman–Crippen MR) is 87.2 cm³/mol. The van der Waals surface area contributed by atoms with Gasteiger partial charge in [0.15, 0.2) is 9.84 Å². The van der Waals surface area contributed by atoms with Gasteiger partial charge in [0.2, 0.25) is 0 Å². The third-order valence-electron chi connectivity index (χ3n) is 3.65. The lowest BCUT2D eigenvalue weighted by atomic mass is 10.2. The first kappa shape index (κ1) is 16.9. The second-order valence-electron chi connectivity index (χ2n) is 5.43. The number of sulfone groups is 1. The Morgan fingerprint density at radius 3 is 2.95 bits per heavy atom. The molecule has 0 aromatic carbocycles. The Morgan fingerprint density at radius 2 is 2.29 bits per heavy atom. The van der Waals surface area contributed by atoms with E-state index in [1.54, 1.807) is 11.8 Å². The van der Waals surface area contributed by atoms with Crippen LogP contribution in [-0.4, -0.2) is 49.5 Å². The monoisotopic (exact) mass is 332 g/mol. The number of nitrogens with one attached hydrogen (secondary N) is 1. The molecule has 2 heterocycles. The number of hydrogen-bond donors (Lipinski definition) is 1. The Kier molecular flexibility index (Phi) is 5.76. The maximum atomic E-state index is 11.9. The molecule has 1 N–H and O–H groups in total. The Bertz CT molecular complexity index is 569. The smallest absolute Gasteiger partial charge is 0.164 e. The first-order chi connectivity index (χ1) is 9.91. The van der Waals surface area contributed by atoms with Gasteiger partial charge in [0.05, 0.1) is 13.1 Å². The van der Waals surface area contributed by atoms with E-state index in [0.717, 1.165) is 35.9 Å². The molecule has 1 aromatic rings. The van der Waals surface area contributed by atoms with Gasteiger partial charge in [-0.1, -0.05) is 6.92 Å². The van der Waals surface area contributed by atoms with Crippen molar-refractivity contribution in [3.8, 4) is 0 Å². The zero-order valence-electron chi connectivity index (χ0n) is 12.9. The number of thioether (sulfide) groups is 1. The standard InChI is InChI=1S/C14H24N2O3S2/c1-4-15-8-13-11(2)7-12(19-13)9-16-5-6-20-10-14(16)21(3,17)18/h7,14-15H,4-6,8-10H2,1-3H3. The zero-order valence-corrected chi connectivity index (χ0v) is 14.5. The molecular weight excluding hydrogens is 308 g/mol. The molecule has 0 bridgehead atoms. The van der Waals surface area contributed by atoms with Crippen LogP contribution in [0.3, 0.4) is 0 Å². The normalized spacial score (nSPS) is 20.8. The highest BCUT2D eigenvalue weighted by Crippen LogP contribution is 2.24. The quantitative estimate of drug-likeness (QED) is 0.854. The van der Waals surface area contributed by atoms with Gasteiger partial charge < -0.3 is 9.73 Å². The summed E-state index contributed by atoms with van der Waals surface area (Å²) in [5, 5.41) is 2.84. The van der Waals surface area contributed by atoms with Crippen LogP contribution in [0.25, 0.3) is 0 Å². The van der Waals surface area contributed by atoms with Gasteiger partial charge in [0.1, 0.15) is 16.9 Å². The van der Waals surface area contributed by atoms with E-state index in [2.05, 4.69) is 12.2 Å². The Balaban J connectivity index is 2.09. The average molecular weight is 332 g/mol. The second kappa shape index (κ2) is 7.17. The molecule has 0 saturated carbocycles. The van der Waals surface area contributed by atoms with Gasteiger partial charge in [-0.2, -0.15) is 11.8 Å². The van der Waals surface area contributed by atoms with Crippen LogP contribution < -0.4 is 5.32 Å². The van der Waals surface area contributed by atoms with Crippen LogP contribution >= 0.6 is 11.8 Å². The van der Waals surface area contributed by atoms with Crippen molar-refractivity contribution in [1.29, 1.82) is 0 Å². The number of furan rings is 1. The van der Waals surface area contributed by atoms with Crippen LogP contribution in [0.15, 0.2) is 10.5 Å². The molecule has 0 amide bonds. The highest BCUT2D eigenvalue weighted by Gasteiger charge is 2.31. The maximum Gasteiger partial charge on any atom is 0.164 e. The van der Waals surface area contributed by atoms with Crippen molar-refractivity contribution in [3.63, 3.8) is 0 Å². The van der Waals surface area contributed by atoms with E-state index in [1.807, 2.05) is 17.9 Å². The van der Waals surface area contributed by atoms with Crippen LogP contribution in [0, 0.1) is 6.92 Å². The van der Waals surface area contributed by atoms with Crippen LogP contribution in [0.5, 0.6) is 0 Å². The molecule has 1 fully saturated rings. The van der Waals surface area contributed by atoms with E-state index in [-0.39, 0.29) is 0 Å². The lowest BCUT2D eigenvalue weighted by Crippen LogP contribution is -2.46. The molecule has 21 heavy (non-hydrogen) atoms. The maximum absolute atomic E-state index is 11.9. The molecule has 5 nitrogen and oxygen atoms in total. The summed E-state index contributed by atoms with van der Waals surface area (Å²) in [7, 11) is -3.06. The highest BCUT2D eigenvalue weighted by atomic mass is 32.2. The van der Waals surface area contributed by atoms with Gasteiger partial charge in [-0.25, -0.2) is 8.42 Å². The topological polar surface area (TPSA) is 62.6 Å². The van der Waals surface area contributed by atoms with E-state index in [0.29, 0.717) is 18.8 Å². The molecule has 7 heteroatoms. The fourth-order valence-corrected chi connectivity index (χ4v) is 5.41. The summed E-state index contributed by atoms with van der Waals surface area (Å²) in [6.07, 6.45) is 1.32. The number of aryl methyl sites for hydroxylation is 1. The molecule has 0 radical (unpaired) electrons. The van der Waals surface area contributed by atoms with Crippen LogP contribution in [0.1, 0.15) is 24.0 Å². The van der Waals surface area contributed by atoms with Gasteiger partial charge in [-0.05, 0) is 25.1 Å². The van der Waals surface area contributed by atoms with Crippen molar-refractivity contribution in [2.75, 3.05) is 30.9 Å². The van der Waals surface area contributed by atoms with Gasteiger partial charge in [0.25, 0.3) is 0 Å². The second-order valence-corrected chi connectivity index (χ2v) is 8.78. The minimum atomic E-state index is -3.06. The molecule has 120 valence electrons. The van der Waals surface area contributed by atoms with Crippen molar-refractivity contribution in [2.24, 2.45) is 0 Å². The fourth-order valence-electron chi connectivity index (χ4n) is 2.47. The van der Waals surface area contributed by atoms with Crippen molar-refractivity contribution in [1.82, 2.24) is 10.2 Å². The van der Waals surface area contributed by atoms with Crippen molar-refractivity contribution in [3.05, 3.63) is 23.2 Å². The Hall–Kier alpha value is -0.500. The highest BCUT2D eigenvalue weighted by molar-refractivity contribution is 8.00. The van der Waals surface area contributed by atoms with E-state index < -0.39 is 15.2 Å². The van der Waals surface area contributed by atoms with E-state index in [9.17, 15) is 8.42 Å². The van der Waals surface area contributed by atoms with E-state index in [4.69, 9.17) is 4.42 Å². The van der Waals surface area contributed by atoms with Gasteiger partial charge in [-0.3, -0.25) is 4.90 Å². The van der Waals surface area contributed by atoms with Crippen molar-refractivity contribution in [2.45, 2.75) is 32.3 Å². The first-order valence-electron chi connectivity index (χ1n) is 7.21. The summed E-state index contributed by atoms with van der Waals surface area (Å²) >= 11 is 1.70. The number of nitrogens with zero attached hydrogens (tertiary/aromatic N) is 1. The summed E-state index contributed by atoms with van der Waals surface area (Å²) in [6, 6.07) is 2.02. The molecular formula is C14H24N2O3S2. The lowest BCUT2D eigenvalue weighted by molar-refractivity contribution is 0.238. The zero-order chi connectivity index (χ0) is 15.5. The van der Waals surface area contributed by atoms with Crippen LogP contribution in [0.2, 0.25) is 0 Å². The summed E-state index contributed by atoms with van der Waals surface area (Å²) in [5.74, 6) is 3.40. The van der Waals surface area contributed by atoms with E-state index in [1.165, 1.54) is 6.26 Å². The van der Waals surface area contributed by atoms with Gasteiger partial charge in [0, 0.05) is 24.3 Å². The summed E-state index contributed by atoms with van der Waals surface area (Å²) in [4.78, 5) is 2.02. The minimum Gasteiger partial charge on any atom is -0.463 e. The predicted octanol–water partition coefficient (Wildman–Crippen LogP) is 1.62.